The third-order valence-electron chi connectivity index (χ3n) is 2.25. The Morgan fingerprint density at radius 1 is 1.44 bits per heavy atom. The summed E-state index contributed by atoms with van der Waals surface area (Å²) in [6, 6.07) is 3.60. The summed E-state index contributed by atoms with van der Waals surface area (Å²) in [5, 5.41) is 11.7. The molecule has 1 N–H and O–H groups in total. The van der Waals surface area contributed by atoms with Gasteiger partial charge in [0, 0.05) is 16.6 Å². The molecular formula is C12H17BrN2O3. The minimum absolute atomic E-state index is 0.525. The number of nitrogens with zero attached hydrogens (tertiary/aromatic N) is 2. The van der Waals surface area contributed by atoms with Crippen molar-refractivity contribution < 1.29 is 14.7 Å². The third kappa shape index (κ3) is 4.19. The molecule has 0 unspecified atom stereocenters. The number of benzene rings is 1. The Labute approximate surface area is 115 Å². The standard InChI is InChI=1S/C12H17BrN2O3/c1-15(2)4-5-18-12-9(8-14-16)6-10(13)7-11(12)17-3/h6-8,16H,4-5H2,1-3H3. The van der Waals surface area contributed by atoms with E-state index in [4.69, 9.17) is 14.7 Å². The van der Waals surface area contributed by atoms with E-state index in [9.17, 15) is 0 Å². The molecule has 0 spiro atoms. The maximum atomic E-state index is 8.66. The van der Waals surface area contributed by atoms with Crippen LogP contribution in [0.4, 0.5) is 0 Å². The van der Waals surface area contributed by atoms with Crippen molar-refractivity contribution in [3.63, 3.8) is 0 Å². The molecule has 0 aromatic heterocycles. The van der Waals surface area contributed by atoms with Gasteiger partial charge in [0.05, 0.1) is 13.3 Å². The highest BCUT2D eigenvalue weighted by molar-refractivity contribution is 9.10. The van der Waals surface area contributed by atoms with Crippen LogP contribution in [-0.2, 0) is 0 Å². The smallest absolute Gasteiger partial charge is 0.170 e. The highest BCUT2D eigenvalue weighted by Crippen LogP contribution is 2.33. The molecule has 6 heteroatoms. The number of hydrogen-bond donors (Lipinski definition) is 1. The molecule has 0 atom stereocenters. The lowest BCUT2D eigenvalue weighted by Crippen LogP contribution is -2.20. The van der Waals surface area contributed by atoms with E-state index < -0.39 is 0 Å². The van der Waals surface area contributed by atoms with Crippen LogP contribution in [0.1, 0.15) is 5.56 Å². The summed E-state index contributed by atoms with van der Waals surface area (Å²) in [7, 11) is 5.51. The summed E-state index contributed by atoms with van der Waals surface area (Å²) in [5.74, 6) is 1.17. The molecule has 0 aliphatic carbocycles. The van der Waals surface area contributed by atoms with Crippen LogP contribution in [0.25, 0.3) is 0 Å². The second-order valence-corrected chi connectivity index (χ2v) is 4.84. The Morgan fingerprint density at radius 3 is 2.72 bits per heavy atom. The second kappa shape index (κ2) is 7.23. The van der Waals surface area contributed by atoms with Gasteiger partial charge in [-0.05, 0) is 26.2 Å². The summed E-state index contributed by atoms with van der Waals surface area (Å²) in [4.78, 5) is 2.02. The van der Waals surface area contributed by atoms with E-state index in [1.54, 1.807) is 19.2 Å². The van der Waals surface area contributed by atoms with Crippen molar-refractivity contribution in [2.75, 3.05) is 34.4 Å². The van der Waals surface area contributed by atoms with Crippen LogP contribution in [0.3, 0.4) is 0 Å². The molecule has 0 fully saturated rings. The first kappa shape index (κ1) is 14.8. The van der Waals surface area contributed by atoms with Crippen molar-refractivity contribution in [3.8, 4) is 11.5 Å². The Bertz CT molecular complexity index is 422. The maximum absolute atomic E-state index is 8.66. The fourth-order valence-electron chi connectivity index (χ4n) is 1.38. The first-order valence-electron chi connectivity index (χ1n) is 5.41. The van der Waals surface area contributed by atoms with Gasteiger partial charge in [0.15, 0.2) is 11.5 Å². The molecule has 0 aliphatic heterocycles. The van der Waals surface area contributed by atoms with Gasteiger partial charge in [-0.15, -0.1) is 0 Å². The molecule has 100 valence electrons. The van der Waals surface area contributed by atoms with Crippen LogP contribution in [0, 0.1) is 0 Å². The summed E-state index contributed by atoms with van der Waals surface area (Å²) < 4.78 is 11.8. The Kier molecular flexibility index (Phi) is 5.94. The molecule has 0 amide bonds. The molecule has 0 heterocycles. The van der Waals surface area contributed by atoms with E-state index >= 15 is 0 Å². The zero-order chi connectivity index (χ0) is 13.5. The topological polar surface area (TPSA) is 54.3 Å². The second-order valence-electron chi connectivity index (χ2n) is 3.92. The SMILES string of the molecule is COc1cc(Br)cc(C=NO)c1OCCN(C)C. The summed E-state index contributed by atoms with van der Waals surface area (Å²) in [6.45, 7) is 1.31. The normalized spacial score (nSPS) is 11.2. The number of halogens is 1. The van der Waals surface area contributed by atoms with Gasteiger partial charge in [0.25, 0.3) is 0 Å². The lowest BCUT2D eigenvalue weighted by molar-refractivity contribution is 0.250. The Morgan fingerprint density at radius 2 is 2.17 bits per heavy atom. The van der Waals surface area contributed by atoms with Crippen LogP contribution < -0.4 is 9.47 Å². The van der Waals surface area contributed by atoms with E-state index in [0.29, 0.717) is 23.7 Å². The van der Waals surface area contributed by atoms with Gasteiger partial charge in [-0.2, -0.15) is 0 Å². The molecule has 5 nitrogen and oxygen atoms in total. The van der Waals surface area contributed by atoms with Crippen molar-refractivity contribution >= 4 is 22.1 Å². The fourth-order valence-corrected chi connectivity index (χ4v) is 1.84. The van der Waals surface area contributed by atoms with Gasteiger partial charge in [-0.1, -0.05) is 21.1 Å². The highest BCUT2D eigenvalue weighted by Gasteiger charge is 2.11. The average molecular weight is 317 g/mol. The lowest BCUT2D eigenvalue weighted by Gasteiger charge is -2.15. The van der Waals surface area contributed by atoms with Crippen LogP contribution in [0.15, 0.2) is 21.8 Å². The van der Waals surface area contributed by atoms with Gasteiger partial charge in [0.2, 0.25) is 0 Å². The summed E-state index contributed by atoms with van der Waals surface area (Å²) >= 11 is 3.36. The maximum Gasteiger partial charge on any atom is 0.170 e. The number of likely N-dealkylation sites (N-methyl/N-ethyl adjacent to an activating group) is 1. The molecule has 0 saturated carbocycles. The van der Waals surface area contributed by atoms with Gasteiger partial charge in [0.1, 0.15) is 6.61 Å². The molecular weight excluding hydrogens is 300 g/mol. The number of methoxy groups -OCH3 is 1. The highest BCUT2D eigenvalue weighted by atomic mass is 79.9. The first-order chi connectivity index (χ1) is 8.58. The Hall–Kier alpha value is -1.27. The van der Waals surface area contributed by atoms with E-state index in [1.807, 2.05) is 19.0 Å². The van der Waals surface area contributed by atoms with Gasteiger partial charge < -0.3 is 19.6 Å². The number of ether oxygens (including phenoxy) is 2. The van der Waals surface area contributed by atoms with E-state index in [0.717, 1.165) is 11.0 Å². The molecule has 0 aliphatic rings. The largest absolute Gasteiger partial charge is 0.493 e. The predicted molar refractivity (Wildman–Crippen MR) is 74.1 cm³/mol. The molecule has 1 rings (SSSR count). The molecule has 0 radical (unpaired) electrons. The summed E-state index contributed by atoms with van der Waals surface area (Å²) in [6.07, 6.45) is 1.32. The number of rotatable bonds is 6. The van der Waals surface area contributed by atoms with Crippen LogP contribution >= 0.6 is 15.9 Å². The molecule has 0 bridgehead atoms. The van der Waals surface area contributed by atoms with E-state index in [2.05, 4.69) is 21.1 Å². The Balaban J connectivity index is 2.97. The van der Waals surface area contributed by atoms with Crippen LogP contribution in [0.2, 0.25) is 0 Å². The van der Waals surface area contributed by atoms with Crippen molar-refractivity contribution in [3.05, 3.63) is 22.2 Å². The van der Waals surface area contributed by atoms with Crippen molar-refractivity contribution in [2.45, 2.75) is 0 Å². The van der Waals surface area contributed by atoms with Crippen molar-refractivity contribution in [1.29, 1.82) is 0 Å². The summed E-state index contributed by atoms with van der Waals surface area (Å²) in [5.41, 5.74) is 0.655. The third-order valence-corrected chi connectivity index (χ3v) is 2.71. The molecule has 1 aromatic carbocycles. The van der Waals surface area contributed by atoms with E-state index in [1.165, 1.54) is 6.21 Å². The fraction of sp³-hybridized carbons (Fsp3) is 0.417. The van der Waals surface area contributed by atoms with Crippen molar-refractivity contribution in [1.82, 2.24) is 4.90 Å². The van der Waals surface area contributed by atoms with Crippen molar-refractivity contribution in [2.24, 2.45) is 5.16 Å². The van der Waals surface area contributed by atoms with Gasteiger partial charge in [-0.25, -0.2) is 0 Å². The number of hydrogen-bond acceptors (Lipinski definition) is 5. The minimum Gasteiger partial charge on any atom is -0.493 e. The molecule has 1 aromatic rings. The average Bonchev–Trinajstić information content (AvgIpc) is 2.31. The first-order valence-corrected chi connectivity index (χ1v) is 6.20. The van der Waals surface area contributed by atoms with E-state index in [-0.39, 0.29) is 0 Å². The van der Waals surface area contributed by atoms with Crippen LogP contribution in [0.5, 0.6) is 11.5 Å². The minimum atomic E-state index is 0.525. The monoisotopic (exact) mass is 316 g/mol. The molecule has 18 heavy (non-hydrogen) atoms. The molecule has 0 saturated heterocycles. The zero-order valence-corrected chi connectivity index (χ0v) is 12.3. The van der Waals surface area contributed by atoms with Crippen LogP contribution in [-0.4, -0.2) is 50.7 Å². The lowest BCUT2D eigenvalue weighted by atomic mass is 10.2. The zero-order valence-electron chi connectivity index (χ0n) is 10.7. The quantitative estimate of drug-likeness (QED) is 0.496. The number of oxime groups is 1. The van der Waals surface area contributed by atoms with Gasteiger partial charge >= 0.3 is 0 Å². The predicted octanol–water partition coefficient (Wildman–Crippen LogP) is 2.21. The van der Waals surface area contributed by atoms with Gasteiger partial charge in [-0.3, -0.25) is 0 Å².